The molecule has 0 fully saturated rings. The second-order valence-electron chi connectivity index (χ2n) is 7.89. The molecule has 1 aromatic rings. The Hall–Kier alpha value is -2.90. The van der Waals surface area contributed by atoms with Crippen LogP contribution in [0, 0.1) is 23.0 Å². The lowest BCUT2D eigenvalue weighted by molar-refractivity contribution is -0.385. The molecule has 3 atom stereocenters. The molecule has 0 unspecified atom stereocenters. The van der Waals surface area contributed by atoms with Gasteiger partial charge in [-0.1, -0.05) is 12.2 Å². The molecule has 0 saturated heterocycles. The number of nitrogens with zero attached hydrogens (tertiary/aromatic N) is 2. The number of allylic oxidation sites excluding steroid dienone is 2. The molecule has 1 aromatic carbocycles. The maximum atomic E-state index is 13.0. The van der Waals surface area contributed by atoms with E-state index in [0.29, 0.717) is 12.0 Å². The molecule has 2 aliphatic rings. The Morgan fingerprint density at radius 2 is 2.00 bits per heavy atom. The van der Waals surface area contributed by atoms with Crippen LogP contribution in [0.3, 0.4) is 0 Å². The molecule has 3 rings (SSSR count). The third-order valence-corrected chi connectivity index (χ3v) is 4.97. The van der Waals surface area contributed by atoms with E-state index in [1.165, 1.54) is 13.0 Å². The largest absolute Gasteiger partial charge is 0.480 e. The van der Waals surface area contributed by atoms with E-state index in [0.717, 1.165) is 4.90 Å². The highest BCUT2D eigenvalue weighted by Crippen LogP contribution is 2.50. The van der Waals surface area contributed by atoms with E-state index in [9.17, 15) is 24.8 Å². The summed E-state index contributed by atoms with van der Waals surface area (Å²) < 4.78 is 5.45. The molecule has 0 bridgehead atoms. The van der Waals surface area contributed by atoms with Gasteiger partial charge in [0.1, 0.15) is 11.6 Å². The number of hydrogen-bond donors (Lipinski definition) is 1. The molecule has 0 saturated carbocycles. The average molecular weight is 374 g/mol. The molecular weight excluding hydrogens is 352 g/mol. The van der Waals surface area contributed by atoms with Gasteiger partial charge in [0.2, 0.25) is 0 Å². The van der Waals surface area contributed by atoms with Crippen LogP contribution >= 0.6 is 0 Å². The number of carboxylic acid groups (broad SMARTS) is 1. The molecule has 1 heterocycles. The predicted molar refractivity (Wildman–Crippen MR) is 98.0 cm³/mol. The molecule has 1 amide bonds. The van der Waals surface area contributed by atoms with Crippen molar-refractivity contribution < 1.29 is 24.4 Å². The number of nitro benzene ring substituents is 1. The molecule has 144 valence electrons. The summed E-state index contributed by atoms with van der Waals surface area (Å²) in [7, 11) is 0. The number of ether oxygens (including phenoxy) is 1. The smallest absolute Gasteiger partial charge is 0.415 e. The zero-order valence-electron chi connectivity index (χ0n) is 15.6. The maximum Gasteiger partial charge on any atom is 0.415 e. The van der Waals surface area contributed by atoms with Crippen LogP contribution in [-0.4, -0.2) is 33.7 Å². The molecule has 0 aromatic heterocycles. The number of amides is 1. The Bertz CT molecular complexity index is 854. The number of aliphatic carboxylic acids is 1. The first-order valence-electron chi connectivity index (χ1n) is 8.72. The number of carbonyl (C=O) groups is 2. The number of carbonyl (C=O) groups excluding carboxylic acids is 1. The van der Waals surface area contributed by atoms with Crippen molar-refractivity contribution in [3.63, 3.8) is 0 Å². The first-order valence-corrected chi connectivity index (χ1v) is 8.72. The minimum atomic E-state index is -1.16. The van der Waals surface area contributed by atoms with Crippen molar-refractivity contribution in [3.8, 4) is 0 Å². The summed E-state index contributed by atoms with van der Waals surface area (Å²) in [6, 6.07) is 1.86. The second-order valence-corrected chi connectivity index (χ2v) is 7.89. The van der Waals surface area contributed by atoms with Gasteiger partial charge in [-0.3, -0.25) is 15.0 Å². The van der Waals surface area contributed by atoms with Crippen molar-refractivity contribution in [3.05, 3.63) is 45.5 Å². The molecule has 1 N–H and O–H groups in total. The Morgan fingerprint density at radius 1 is 1.33 bits per heavy atom. The molecular formula is C19H22N2O6. The van der Waals surface area contributed by atoms with E-state index < -0.39 is 28.6 Å². The highest BCUT2D eigenvalue weighted by atomic mass is 16.6. The van der Waals surface area contributed by atoms with Crippen LogP contribution in [0.25, 0.3) is 0 Å². The average Bonchev–Trinajstić information content (AvgIpc) is 3.00. The van der Waals surface area contributed by atoms with E-state index in [-0.39, 0.29) is 28.8 Å². The van der Waals surface area contributed by atoms with Crippen LogP contribution in [0.4, 0.5) is 16.2 Å². The van der Waals surface area contributed by atoms with Gasteiger partial charge in [0, 0.05) is 17.9 Å². The fourth-order valence-electron chi connectivity index (χ4n) is 3.97. The van der Waals surface area contributed by atoms with Gasteiger partial charge in [-0.25, -0.2) is 9.59 Å². The Labute approximate surface area is 156 Å². The fourth-order valence-corrected chi connectivity index (χ4v) is 3.97. The Balaban J connectivity index is 2.24. The quantitative estimate of drug-likeness (QED) is 0.479. The highest BCUT2D eigenvalue weighted by Gasteiger charge is 2.50. The van der Waals surface area contributed by atoms with Gasteiger partial charge in [-0.15, -0.1) is 0 Å². The number of anilines is 1. The van der Waals surface area contributed by atoms with Crippen molar-refractivity contribution in [2.75, 3.05) is 4.90 Å². The van der Waals surface area contributed by atoms with Crippen LogP contribution in [0.2, 0.25) is 0 Å². The summed E-state index contributed by atoms with van der Waals surface area (Å²) in [6.07, 6.45) is 3.50. The third-order valence-electron chi connectivity index (χ3n) is 4.97. The molecule has 8 nitrogen and oxygen atoms in total. The van der Waals surface area contributed by atoms with Gasteiger partial charge >= 0.3 is 12.1 Å². The number of rotatable bonds is 2. The first-order chi connectivity index (χ1) is 12.5. The third kappa shape index (κ3) is 3.15. The Morgan fingerprint density at radius 3 is 2.56 bits per heavy atom. The normalized spacial score (nSPS) is 23.6. The second kappa shape index (κ2) is 6.37. The van der Waals surface area contributed by atoms with Gasteiger partial charge in [-0.2, -0.15) is 0 Å². The van der Waals surface area contributed by atoms with Crippen molar-refractivity contribution in [2.24, 2.45) is 5.92 Å². The lowest BCUT2D eigenvalue weighted by Gasteiger charge is -2.42. The number of nitro groups is 1. The summed E-state index contributed by atoms with van der Waals surface area (Å²) in [5.41, 5.74) is 0.235. The van der Waals surface area contributed by atoms with Crippen LogP contribution in [0.1, 0.15) is 44.2 Å². The van der Waals surface area contributed by atoms with Crippen LogP contribution in [0.5, 0.6) is 0 Å². The van der Waals surface area contributed by atoms with Gasteiger partial charge in [0.05, 0.1) is 16.2 Å². The minimum Gasteiger partial charge on any atom is -0.480 e. The maximum absolute atomic E-state index is 13.0. The van der Waals surface area contributed by atoms with E-state index in [1.54, 1.807) is 26.8 Å². The van der Waals surface area contributed by atoms with Gasteiger partial charge in [-0.05, 0) is 45.7 Å². The van der Waals surface area contributed by atoms with Gasteiger partial charge < -0.3 is 9.84 Å². The topological polar surface area (TPSA) is 110 Å². The summed E-state index contributed by atoms with van der Waals surface area (Å²) in [5, 5.41) is 21.3. The number of fused-ring (bicyclic) bond motifs is 3. The SMILES string of the molecule is Cc1c([N+](=O)[O-])ccc2c1N(C(=O)OC(C)(C)C)[C@@H](C(=O)O)[C@H]1CC=C[C@@H]21. The standard InChI is InChI=1S/C19H22N2O6/c1-10-14(21(25)26)9-8-13-11-6-5-7-12(11)16(17(22)23)20(15(10)13)18(24)27-19(2,3)4/h5-6,8-9,11-12,16H,7H2,1-4H3,(H,22,23)/t11-,12+,16-/m1/s1. The number of hydrogen-bond acceptors (Lipinski definition) is 5. The lowest BCUT2D eigenvalue weighted by Crippen LogP contribution is -2.54. The predicted octanol–water partition coefficient (Wildman–Crippen LogP) is 3.77. The summed E-state index contributed by atoms with van der Waals surface area (Å²) in [6.45, 7) is 6.59. The molecule has 27 heavy (non-hydrogen) atoms. The van der Waals surface area contributed by atoms with Crippen LogP contribution in [0.15, 0.2) is 24.3 Å². The Kier molecular flexibility index (Phi) is 4.45. The monoisotopic (exact) mass is 374 g/mol. The zero-order chi connectivity index (χ0) is 20.1. The summed E-state index contributed by atoms with van der Waals surface area (Å²) in [5.74, 6) is -1.71. The number of benzene rings is 1. The van der Waals surface area contributed by atoms with E-state index in [1.807, 2.05) is 12.2 Å². The van der Waals surface area contributed by atoms with Gasteiger partial charge in [0.25, 0.3) is 5.69 Å². The van der Waals surface area contributed by atoms with Crippen molar-refractivity contribution in [2.45, 2.75) is 51.7 Å². The molecule has 8 heteroatoms. The van der Waals surface area contributed by atoms with Gasteiger partial charge in [0.15, 0.2) is 0 Å². The molecule has 0 spiro atoms. The van der Waals surface area contributed by atoms with E-state index >= 15 is 0 Å². The summed E-state index contributed by atoms with van der Waals surface area (Å²) in [4.78, 5) is 37.0. The molecule has 1 aliphatic carbocycles. The van der Waals surface area contributed by atoms with E-state index in [2.05, 4.69) is 0 Å². The first kappa shape index (κ1) is 18.9. The summed E-state index contributed by atoms with van der Waals surface area (Å²) >= 11 is 0. The number of carboxylic acids is 1. The fraction of sp³-hybridized carbons (Fsp3) is 0.474. The zero-order valence-corrected chi connectivity index (χ0v) is 15.6. The van der Waals surface area contributed by atoms with Crippen LogP contribution < -0.4 is 4.90 Å². The lowest BCUT2D eigenvalue weighted by atomic mass is 9.77. The minimum absolute atomic E-state index is 0.160. The molecule has 0 radical (unpaired) electrons. The van der Waals surface area contributed by atoms with Crippen molar-refractivity contribution >= 4 is 23.4 Å². The van der Waals surface area contributed by atoms with Crippen molar-refractivity contribution in [1.29, 1.82) is 0 Å². The van der Waals surface area contributed by atoms with E-state index in [4.69, 9.17) is 4.74 Å². The molecule has 1 aliphatic heterocycles. The van der Waals surface area contributed by atoms with Crippen molar-refractivity contribution in [1.82, 2.24) is 0 Å². The highest BCUT2D eigenvalue weighted by molar-refractivity contribution is 5.99. The van der Waals surface area contributed by atoms with Crippen LogP contribution in [-0.2, 0) is 9.53 Å².